The molecule has 0 saturated carbocycles. The lowest BCUT2D eigenvalue weighted by atomic mass is 10.0. The summed E-state index contributed by atoms with van der Waals surface area (Å²) in [5.74, 6) is 0.117. The highest BCUT2D eigenvalue weighted by Crippen LogP contribution is 2.14. The number of unbranched alkanes of at least 4 members (excludes halogenated alkanes) is 8. The van der Waals surface area contributed by atoms with Gasteiger partial charge in [0.1, 0.15) is 0 Å². The van der Waals surface area contributed by atoms with Crippen LogP contribution in [0, 0.1) is 0 Å². The molecule has 0 amide bonds. The third-order valence-electron chi connectivity index (χ3n) is 3.49. The van der Waals surface area contributed by atoms with Crippen LogP contribution < -0.4 is 0 Å². The largest absolute Gasteiger partial charge is 0.290 e. The Morgan fingerprint density at radius 1 is 0.722 bits per heavy atom. The second-order valence-electron chi connectivity index (χ2n) is 5.22. The van der Waals surface area contributed by atoms with Crippen LogP contribution in [0.3, 0.4) is 0 Å². The molecule has 0 N–H and O–H groups in total. The normalized spacial score (nSPS) is 10.7. The first kappa shape index (κ1) is 15.1. The van der Waals surface area contributed by atoms with Gasteiger partial charge < -0.3 is 0 Å². The van der Waals surface area contributed by atoms with Gasteiger partial charge in [-0.2, -0.15) is 0 Å². The first-order valence-electron chi connectivity index (χ1n) is 7.59. The van der Waals surface area contributed by atoms with E-state index in [2.05, 4.69) is 6.92 Å². The van der Waals surface area contributed by atoms with Crippen molar-refractivity contribution in [3.8, 4) is 5.75 Å². The van der Waals surface area contributed by atoms with Crippen LogP contribution in [0.2, 0.25) is 0 Å². The molecule has 0 atom stereocenters. The van der Waals surface area contributed by atoms with Crippen LogP contribution in [0.1, 0.15) is 70.3 Å². The Bertz CT molecular complexity index is 289. The Morgan fingerprint density at radius 3 is 1.78 bits per heavy atom. The van der Waals surface area contributed by atoms with Crippen LogP contribution in [0.5, 0.6) is 5.75 Å². The first-order valence-corrected chi connectivity index (χ1v) is 7.59. The van der Waals surface area contributed by atoms with Crippen molar-refractivity contribution >= 4 is 0 Å². The molecule has 1 nitrogen and oxygen atoms in total. The SMILES string of the molecule is CCCCCCCCCCCc1ccc([O])cc1. The van der Waals surface area contributed by atoms with Gasteiger partial charge in [-0.25, -0.2) is 0 Å². The maximum atomic E-state index is 10.9. The zero-order valence-corrected chi connectivity index (χ0v) is 11.8. The van der Waals surface area contributed by atoms with Gasteiger partial charge in [-0.3, -0.25) is 5.11 Å². The summed E-state index contributed by atoms with van der Waals surface area (Å²) in [6.45, 7) is 2.26. The second-order valence-corrected chi connectivity index (χ2v) is 5.22. The van der Waals surface area contributed by atoms with Gasteiger partial charge in [-0.1, -0.05) is 70.4 Å². The van der Waals surface area contributed by atoms with Crippen molar-refractivity contribution in [2.45, 2.75) is 71.1 Å². The number of hydrogen-bond acceptors (Lipinski definition) is 0. The fraction of sp³-hybridized carbons (Fsp3) is 0.647. The summed E-state index contributed by atoms with van der Waals surface area (Å²) < 4.78 is 0. The van der Waals surface area contributed by atoms with Gasteiger partial charge in [0.05, 0.1) is 0 Å². The molecule has 0 aliphatic heterocycles. The summed E-state index contributed by atoms with van der Waals surface area (Å²) in [6, 6.07) is 7.27. The monoisotopic (exact) mass is 247 g/mol. The Hall–Kier alpha value is -0.980. The molecule has 1 heteroatoms. The van der Waals surface area contributed by atoms with Crippen molar-refractivity contribution in [2.24, 2.45) is 0 Å². The van der Waals surface area contributed by atoms with E-state index in [0.29, 0.717) is 0 Å². The molecule has 0 aliphatic rings. The minimum atomic E-state index is 0.117. The molecule has 0 saturated heterocycles. The fourth-order valence-corrected chi connectivity index (χ4v) is 2.30. The molecule has 0 spiro atoms. The van der Waals surface area contributed by atoms with Crippen molar-refractivity contribution in [3.05, 3.63) is 29.8 Å². The van der Waals surface area contributed by atoms with E-state index in [4.69, 9.17) is 0 Å². The first-order chi connectivity index (χ1) is 8.83. The van der Waals surface area contributed by atoms with E-state index in [0.717, 1.165) is 6.42 Å². The third kappa shape index (κ3) is 7.37. The quantitative estimate of drug-likeness (QED) is 0.458. The molecule has 1 radical (unpaired) electrons. The van der Waals surface area contributed by atoms with E-state index in [1.807, 2.05) is 12.1 Å². The minimum absolute atomic E-state index is 0.117. The number of aryl methyl sites for hydroxylation is 1. The predicted octanol–water partition coefficient (Wildman–Crippen LogP) is 5.90. The van der Waals surface area contributed by atoms with E-state index < -0.39 is 0 Å². The molecular weight excluding hydrogens is 220 g/mol. The van der Waals surface area contributed by atoms with E-state index >= 15 is 0 Å². The summed E-state index contributed by atoms with van der Waals surface area (Å²) in [5, 5.41) is 10.9. The lowest BCUT2D eigenvalue weighted by Crippen LogP contribution is -1.86. The summed E-state index contributed by atoms with van der Waals surface area (Å²) in [6.07, 6.45) is 13.4. The molecule has 0 bridgehead atoms. The molecule has 0 aromatic heterocycles. The molecule has 0 heterocycles. The minimum Gasteiger partial charge on any atom is -0.290 e. The third-order valence-corrected chi connectivity index (χ3v) is 3.49. The van der Waals surface area contributed by atoms with Gasteiger partial charge in [0.15, 0.2) is 5.75 Å². The van der Waals surface area contributed by atoms with Gasteiger partial charge in [0, 0.05) is 0 Å². The highest BCUT2D eigenvalue weighted by atomic mass is 16.3. The average molecular weight is 247 g/mol. The summed E-state index contributed by atoms with van der Waals surface area (Å²) in [5.41, 5.74) is 1.30. The topological polar surface area (TPSA) is 19.9 Å². The van der Waals surface area contributed by atoms with Crippen LogP contribution in [0.25, 0.3) is 0 Å². The number of hydrogen-bond donors (Lipinski definition) is 0. The summed E-state index contributed by atoms with van der Waals surface area (Å²) in [4.78, 5) is 0. The number of benzene rings is 1. The molecule has 1 aromatic carbocycles. The van der Waals surface area contributed by atoms with Crippen LogP contribution in [-0.4, -0.2) is 0 Å². The Balaban J connectivity index is 1.91. The Morgan fingerprint density at radius 2 is 1.22 bits per heavy atom. The summed E-state index contributed by atoms with van der Waals surface area (Å²) >= 11 is 0. The van der Waals surface area contributed by atoms with Crippen LogP contribution in [0.4, 0.5) is 0 Å². The molecule has 101 valence electrons. The molecule has 0 aliphatic carbocycles. The van der Waals surface area contributed by atoms with E-state index in [-0.39, 0.29) is 5.75 Å². The van der Waals surface area contributed by atoms with Crippen molar-refractivity contribution in [1.29, 1.82) is 0 Å². The zero-order valence-electron chi connectivity index (χ0n) is 11.8. The fourth-order valence-electron chi connectivity index (χ4n) is 2.30. The maximum Gasteiger partial charge on any atom is 0.178 e. The van der Waals surface area contributed by atoms with Crippen molar-refractivity contribution < 1.29 is 5.11 Å². The van der Waals surface area contributed by atoms with Crippen molar-refractivity contribution in [3.63, 3.8) is 0 Å². The van der Waals surface area contributed by atoms with Gasteiger partial charge in [-0.15, -0.1) is 0 Å². The Kier molecular flexibility index (Phi) is 8.37. The maximum absolute atomic E-state index is 10.9. The van der Waals surface area contributed by atoms with Crippen LogP contribution >= 0.6 is 0 Å². The van der Waals surface area contributed by atoms with Gasteiger partial charge in [0.2, 0.25) is 0 Å². The predicted molar refractivity (Wildman–Crippen MR) is 77.5 cm³/mol. The zero-order chi connectivity index (χ0) is 13.1. The molecule has 18 heavy (non-hydrogen) atoms. The van der Waals surface area contributed by atoms with Gasteiger partial charge in [-0.05, 0) is 30.5 Å². The average Bonchev–Trinajstić information content (AvgIpc) is 2.39. The second kappa shape index (κ2) is 9.99. The molecular formula is C17H27O. The van der Waals surface area contributed by atoms with Gasteiger partial charge in [0.25, 0.3) is 0 Å². The summed E-state index contributed by atoms with van der Waals surface area (Å²) in [7, 11) is 0. The molecule has 1 rings (SSSR count). The molecule has 1 aromatic rings. The lowest BCUT2D eigenvalue weighted by molar-refractivity contribution is 0.355. The van der Waals surface area contributed by atoms with Crippen LogP contribution in [0.15, 0.2) is 24.3 Å². The Labute approximate surface area is 112 Å². The van der Waals surface area contributed by atoms with E-state index in [9.17, 15) is 5.11 Å². The molecule has 0 unspecified atom stereocenters. The number of rotatable bonds is 10. The van der Waals surface area contributed by atoms with Crippen LogP contribution in [-0.2, 0) is 11.5 Å². The van der Waals surface area contributed by atoms with Crippen molar-refractivity contribution in [1.82, 2.24) is 0 Å². The van der Waals surface area contributed by atoms with Crippen molar-refractivity contribution in [2.75, 3.05) is 0 Å². The smallest absolute Gasteiger partial charge is 0.178 e. The van der Waals surface area contributed by atoms with Gasteiger partial charge >= 0.3 is 0 Å². The lowest BCUT2D eigenvalue weighted by Gasteiger charge is -2.02. The van der Waals surface area contributed by atoms with E-state index in [1.165, 1.54) is 63.4 Å². The standard InChI is InChI=1S/C17H27O/c1-2-3-4-5-6-7-8-9-10-11-16-12-14-17(18)15-13-16/h12-15H,2-11H2,1H3. The van der Waals surface area contributed by atoms with E-state index in [1.54, 1.807) is 12.1 Å². The highest BCUT2D eigenvalue weighted by Gasteiger charge is 1.95. The highest BCUT2D eigenvalue weighted by molar-refractivity contribution is 5.25. The molecule has 0 fully saturated rings.